The van der Waals surface area contributed by atoms with Gasteiger partial charge in [0, 0.05) is 10.6 Å². The van der Waals surface area contributed by atoms with Gasteiger partial charge in [-0.15, -0.1) is 0 Å². The molecule has 0 N–H and O–H groups in total. The molecule has 0 spiro atoms. The van der Waals surface area contributed by atoms with Crippen molar-refractivity contribution in [3.8, 4) is 0 Å². The Hall–Kier alpha value is -1.67. The van der Waals surface area contributed by atoms with Crippen LogP contribution >= 0.6 is 11.6 Å². The van der Waals surface area contributed by atoms with E-state index in [4.69, 9.17) is 11.6 Å². The van der Waals surface area contributed by atoms with E-state index in [0.29, 0.717) is 16.9 Å². The molecule has 0 aliphatic carbocycles. The number of rotatable bonds is 2. The average molecular weight is 219 g/mol. The van der Waals surface area contributed by atoms with Crippen LogP contribution in [0.1, 0.15) is 10.4 Å². The van der Waals surface area contributed by atoms with Crippen LogP contribution in [0.25, 0.3) is 10.8 Å². The SMILES string of the molecule is O=CC(=O)c1ccc2cc(Cl)ccc2c1. The zero-order chi connectivity index (χ0) is 10.8. The second-order valence-electron chi connectivity index (χ2n) is 3.19. The summed E-state index contributed by atoms with van der Waals surface area (Å²) >= 11 is 5.83. The monoisotopic (exact) mass is 218 g/mol. The van der Waals surface area contributed by atoms with E-state index in [9.17, 15) is 9.59 Å². The molecule has 0 radical (unpaired) electrons. The Morgan fingerprint density at radius 2 is 1.73 bits per heavy atom. The van der Waals surface area contributed by atoms with Crippen molar-refractivity contribution >= 4 is 34.4 Å². The van der Waals surface area contributed by atoms with Gasteiger partial charge >= 0.3 is 0 Å². The molecule has 3 heteroatoms. The summed E-state index contributed by atoms with van der Waals surface area (Å²) in [6, 6.07) is 10.5. The molecule has 0 heterocycles. The smallest absolute Gasteiger partial charge is 0.225 e. The fourth-order valence-corrected chi connectivity index (χ4v) is 1.62. The normalized spacial score (nSPS) is 10.2. The maximum atomic E-state index is 11.1. The van der Waals surface area contributed by atoms with Gasteiger partial charge in [0.2, 0.25) is 5.78 Å². The van der Waals surface area contributed by atoms with Gasteiger partial charge in [0.15, 0.2) is 6.29 Å². The topological polar surface area (TPSA) is 34.1 Å². The maximum Gasteiger partial charge on any atom is 0.225 e. The van der Waals surface area contributed by atoms with Crippen molar-refractivity contribution in [3.05, 3.63) is 47.0 Å². The number of aldehydes is 1. The number of Topliss-reactive ketones (excluding diaryl/α,β-unsaturated/α-hetero) is 1. The summed E-state index contributed by atoms with van der Waals surface area (Å²) in [5, 5.41) is 2.49. The third kappa shape index (κ3) is 1.90. The van der Waals surface area contributed by atoms with Gasteiger partial charge in [0.25, 0.3) is 0 Å². The lowest BCUT2D eigenvalue weighted by atomic mass is 10.1. The third-order valence-electron chi connectivity index (χ3n) is 2.19. The first-order chi connectivity index (χ1) is 7.20. The highest BCUT2D eigenvalue weighted by atomic mass is 35.5. The van der Waals surface area contributed by atoms with Crippen molar-refractivity contribution in [3.63, 3.8) is 0 Å². The summed E-state index contributed by atoms with van der Waals surface area (Å²) in [5.41, 5.74) is 0.403. The molecule has 0 aliphatic heterocycles. The first-order valence-electron chi connectivity index (χ1n) is 4.39. The van der Waals surface area contributed by atoms with Crippen molar-refractivity contribution in [2.24, 2.45) is 0 Å². The molecule has 0 fully saturated rings. The molecule has 0 saturated carbocycles. The predicted molar refractivity (Wildman–Crippen MR) is 59.4 cm³/mol. The summed E-state index contributed by atoms with van der Waals surface area (Å²) in [5.74, 6) is -0.508. The van der Waals surface area contributed by atoms with Crippen LogP contribution in [0.2, 0.25) is 5.02 Å². The number of hydrogen-bond acceptors (Lipinski definition) is 2. The largest absolute Gasteiger partial charge is 0.294 e. The molecule has 0 bridgehead atoms. The van der Waals surface area contributed by atoms with Crippen molar-refractivity contribution in [1.29, 1.82) is 0 Å². The van der Waals surface area contributed by atoms with E-state index >= 15 is 0 Å². The Bertz CT molecular complexity index is 546. The van der Waals surface area contributed by atoms with Crippen LogP contribution in [0, 0.1) is 0 Å². The summed E-state index contributed by atoms with van der Waals surface area (Å²) < 4.78 is 0. The van der Waals surface area contributed by atoms with Crippen LogP contribution in [-0.4, -0.2) is 12.1 Å². The first kappa shape index (κ1) is 9.87. The van der Waals surface area contributed by atoms with Gasteiger partial charge in [-0.2, -0.15) is 0 Å². The fourth-order valence-electron chi connectivity index (χ4n) is 1.44. The zero-order valence-electron chi connectivity index (χ0n) is 7.74. The summed E-state index contributed by atoms with van der Waals surface area (Å²) in [4.78, 5) is 21.5. The number of benzene rings is 2. The molecular formula is C12H7ClO2. The number of carbonyl (C=O) groups is 2. The van der Waals surface area contributed by atoms with Crippen molar-refractivity contribution in [2.75, 3.05) is 0 Å². The standard InChI is InChI=1S/C12H7ClO2/c13-11-4-3-8-5-10(12(15)7-14)2-1-9(8)6-11/h1-7H. The molecule has 0 aromatic heterocycles. The first-order valence-corrected chi connectivity index (χ1v) is 4.77. The molecule has 0 aliphatic rings. The highest BCUT2D eigenvalue weighted by molar-refractivity contribution is 6.34. The molecule has 0 amide bonds. The second kappa shape index (κ2) is 3.83. The third-order valence-corrected chi connectivity index (χ3v) is 2.43. The second-order valence-corrected chi connectivity index (χ2v) is 3.62. The number of carbonyl (C=O) groups excluding carboxylic acids is 2. The van der Waals surface area contributed by atoms with E-state index in [0.717, 1.165) is 10.8 Å². The molecule has 2 aromatic carbocycles. The van der Waals surface area contributed by atoms with Crippen LogP contribution < -0.4 is 0 Å². The highest BCUT2D eigenvalue weighted by Crippen LogP contribution is 2.20. The molecule has 2 aromatic rings. The van der Waals surface area contributed by atoms with Crippen molar-refractivity contribution in [2.45, 2.75) is 0 Å². The lowest BCUT2D eigenvalue weighted by Gasteiger charge is -2.00. The van der Waals surface area contributed by atoms with Crippen LogP contribution in [0.5, 0.6) is 0 Å². The van der Waals surface area contributed by atoms with Crippen molar-refractivity contribution in [1.82, 2.24) is 0 Å². The molecule has 0 atom stereocenters. The Morgan fingerprint density at radius 3 is 2.47 bits per heavy atom. The molecular weight excluding hydrogens is 212 g/mol. The van der Waals surface area contributed by atoms with E-state index in [-0.39, 0.29) is 0 Å². The van der Waals surface area contributed by atoms with E-state index in [1.807, 2.05) is 12.1 Å². The Balaban J connectivity index is 2.61. The summed E-state index contributed by atoms with van der Waals surface area (Å²) in [6.45, 7) is 0. The Morgan fingerprint density at radius 1 is 1.07 bits per heavy atom. The summed E-state index contributed by atoms with van der Waals surface area (Å²) in [6.07, 6.45) is 0.317. The minimum atomic E-state index is -0.508. The van der Waals surface area contributed by atoms with Gasteiger partial charge in [0.1, 0.15) is 0 Å². The average Bonchev–Trinajstić information content (AvgIpc) is 2.27. The lowest BCUT2D eigenvalue weighted by molar-refractivity contribution is -0.104. The molecule has 2 rings (SSSR count). The Labute approximate surface area is 91.5 Å². The quantitative estimate of drug-likeness (QED) is 0.441. The van der Waals surface area contributed by atoms with E-state index in [2.05, 4.69) is 0 Å². The van der Waals surface area contributed by atoms with Gasteiger partial charge in [-0.05, 0) is 29.0 Å². The number of fused-ring (bicyclic) bond motifs is 1. The molecule has 15 heavy (non-hydrogen) atoms. The maximum absolute atomic E-state index is 11.1. The van der Waals surface area contributed by atoms with Gasteiger partial charge in [-0.25, -0.2) is 0 Å². The lowest BCUT2D eigenvalue weighted by Crippen LogP contribution is -1.98. The van der Waals surface area contributed by atoms with E-state index in [1.165, 1.54) is 0 Å². The Kier molecular flexibility index (Phi) is 2.52. The van der Waals surface area contributed by atoms with Gasteiger partial charge in [-0.1, -0.05) is 29.8 Å². The van der Waals surface area contributed by atoms with Gasteiger partial charge < -0.3 is 0 Å². The van der Waals surface area contributed by atoms with Crippen LogP contribution in [-0.2, 0) is 4.79 Å². The van der Waals surface area contributed by atoms with Crippen molar-refractivity contribution < 1.29 is 9.59 Å². The molecule has 0 unspecified atom stereocenters. The molecule has 74 valence electrons. The number of halogens is 1. The number of hydrogen-bond donors (Lipinski definition) is 0. The minimum Gasteiger partial charge on any atom is -0.294 e. The highest BCUT2D eigenvalue weighted by Gasteiger charge is 2.04. The summed E-state index contributed by atoms with van der Waals surface area (Å²) in [7, 11) is 0. The number of ketones is 1. The van der Waals surface area contributed by atoms with Gasteiger partial charge in [0.05, 0.1) is 0 Å². The zero-order valence-corrected chi connectivity index (χ0v) is 8.49. The van der Waals surface area contributed by atoms with E-state index in [1.54, 1.807) is 24.3 Å². The predicted octanol–water partition coefficient (Wildman–Crippen LogP) is 2.87. The van der Waals surface area contributed by atoms with Gasteiger partial charge in [-0.3, -0.25) is 9.59 Å². The fraction of sp³-hybridized carbons (Fsp3) is 0. The van der Waals surface area contributed by atoms with Crippen LogP contribution in [0.15, 0.2) is 36.4 Å². The molecule has 2 nitrogen and oxygen atoms in total. The minimum absolute atomic E-state index is 0.317. The molecule has 0 saturated heterocycles. The van der Waals surface area contributed by atoms with Crippen LogP contribution in [0.4, 0.5) is 0 Å². The van der Waals surface area contributed by atoms with E-state index < -0.39 is 5.78 Å². The van der Waals surface area contributed by atoms with Crippen LogP contribution in [0.3, 0.4) is 0 Å².